The minimum atomic E-state index is -0.561. The number of hydrogen-bond donors (Lipinski definition) is 1. The number of methoxy groups -OCH3 is 3. The van der Waals surface area contributed by atoms with E-state index < -0.39 is 5.63 Å². The van der Waals surface area contributed by atoms with Crippen molar-refractivity contribution in [3.63, 3.8) is 0 Å². The monoisotopic (exact) mass is 617 g/mol. The van der Waals surface area contributed by atoms with Crippen molar-refractivity contribution in [3.8, 4) is 45.6 Å². The molecule has 0 amide bonds. The van der Waals surface area contributed by atoms with Crippen LogP contribution < -0.4 is 29.3 Å². The highest BCUT2D eigenvalue weighted by atomic mass is 35.5. The zero-order chi connectivity index (χ0) is 31.4. The average Bonchev–Trinajstić information content (AvgIpc) is 3.33. The summed E-state index contributed by atoms with van der Waals surface area (Å²) in [6, 6.07) is 12.5. The fraction of sp³-hybridized carbons (Fsp3) is 0.265. The van der Waals surface area contributed by atoms with Crippen LogP contribution in [0.5, 0.6) is 34.5 Å². The number of ether oxygens (including phenoxy) is 5. The minimum Gasteiger partial charge on any atom is -0.503 e. The van der Waals surface area contributed by atoms with E-state index in [1.165, 1.54) is 7.11 Å². The molecule has 1 N–H and O–H groups in total. The first-order valence-corrected chi connectivity index (χ1v) is 14.5. The van der Waals surface area contributed by atoms with Crippen molar-refractivity contribution in [2.24, 2.45) is 0 Å². The Morgan fingerprint density at radius 3 is 2.00 bits per heavy atom. The summed E-state index contributed by atoms with van der Waals surface area (Å²) < 4.78 is 36.5. The van der Waals surface area contributed by atoms with E-state index in [1.54, 1.807) is 42.9 Å². The second-order valence-electron chi connectivity index (χ2n) is 10.9. The molecule has 0 saturated carbocycles. The Bertz CT molecular complexity index is 2140. The summed E-state index contributed by atoms with van der Waals surface area (Å²) >= 11 is 6.86. The van der Waals surface area contributed by atoms with Gasteiger partial charge in [-0.25, -0.2) is 4.79 Å². The average molecular weight is 618 g/mol. The van der Waals surface area contributed by atoms with Gasteiger partial charge in [0.25, 0.3) is 0 Å². The molecule has 0 saturated heterocycles. The smallest absolute Gasteiger partial charge is 0.361 e. The van der Waals surface area contributed by atoms with Crippen LogP contribution in [0.2, 0.25) is 5.02 Å². The third-order valence-corrected chi connectivity index (χ3v) is 7.81. The van der Waals surface area contributed by atoms with Crippen molar-refractivity contribution >= 4 is 49.8 Å². The highest BCUT2D eigenvalue weighted by Gasteiger charge is 2.27. The molecular formula is C34H32ClNO8. The van der Waals surface area contributed by atoms with Crippen LogP contribution in [0, 0.1) is 0 Å². The quantitative estimate of drug-likeness (QED) is 0.172. The molecule has 0 unspecified atom stereocenters. The van der Waals surface area contributed by atoms with Crippen LogP contribution in [0.25, 0.3) is 49.3 Å². The standard InChI is InChI=1S/C34H32ClNO8/c1-16(2)42-26-12-18-10-11-36-31(20(18)13-24(26)40-6)28(19-8-9-22(39-5)33(37)30(19)35)29-21-14-25(41-7)27(43-17(3)4)15-23(21)44-34(38)32(29)36/h8-17,37H,1-7H3. The summed E-state index contributed by atoms with van der Waals surface area (Å²) in [6.07, 6.45) is 1.59. The van der Waals surface area contributed by atoms with E-state index in [0.717, 1.165) is 10.8 Å². The molecule has 0 spiro atoms. The zero-order valence-electron chi connectivity index (χ0n) is 25.4. The van der Waals surface area contributed by atoms with Crippen molar-refractivity contribution in [1.82, 2.24) is 4.40 Å². The number of nitrogens with zero attached hydrogens (tertiary/aromatic N) is 1. The van der Waals surface area contributed by atoms with Gasteiger partial charge in [-0.1, -0.05) is 11.6 Å². The number of phenolic OH excluding ortho intramolecular Hbond substituents is 1. The topological polar surface area (TPSA) is 101 Å². The van der Waals surface area contributed by atoms with Crippen molar-refractivity contribution < 1.29 is 33.2 Å². The molecule has 0 aliphatic heterocycles. The third-order valence-electron chi connectivity index (χ3n) is 7.42. The second-order valence-corrected chi connectivity index (χ2v) is 11.3. The van der Waals surface area contributed by atoms with Gasteiger partial charge in [-0.15, -0.1) is 0 Å². The maximum Gasteiger partial charge on any atom is 0.361 e. The van der Waals surface area contributed by atoms with Gasteiger partial charge >= 0.3 is 5.63 Å². The number of hydrogen-bond acceptors (Lipinski definition) is 8. The van der Waals surface area contributed by atoms with E-state index in [0.29, 0.717) is 56.0 Å². The van der Waals surface area contributed by atoms with Crippen LogP contribution in [0.4, 0.5) is 0 Å². The lowest BCUT2D eigenvalue weighted by atomic mass is 9.97. The van der Waals surface area contributed by atoms with E-state index >= 15 is 0 Å². The largest absolute Gasteiger partial charge is 0.503 e. The van der Waals surface area contributed by atoms with E-state index in [-0.39, 0.29) is 34.2 Å². The summed E-state index contributed by atoms with van der Waals surface area (Å²) in [4.78, 5) is 13.8. The number of rotatable bonds is 8. The first-order valence-electron chi connectivity index (χ1n) is 14.1. The molecule has 3 aromatic carbocycles. The van der Waals surface area contributed by atoms with Crippen LogP contribution in [-0.2, 0) is 0 Å². The van der Waals surface area contributed by atoms with Gasteiger partial charge in [-0.05, 0) is 69.5 Å². The Morgan fingerprint density at radius 2 is 1.39 bits per heavy atom. The molecular weight excluding hydrogens is 586 g/mol. The number of fused-ring (bicyclic) bond motifs is 7. The molecule has 6 rings (SSSR count). The molecule has 228 valence electrons. The summed E-state index contributed by atoms with van der Waals surface area (Å²) in [7, 11) is 4.58. The first kappa shape index (κ1) is 29.3. The number of halogens is 1. The molecule has 9 nitrogen and oxygen atoms in total. The lowest BCUT2D eigenvalue weighted by Gasteiger charge is -2.16. The lowest BCUT2D eigenvalue weighted by molar-refractivity contribution is 0.230. The molecule has 0 aliphatic carbocycles. The molecule has 0 aliphatic rings. The minimum absolute atomic E-state index is 0.0654. The van der Waals surface area contributed by atoms with E-state index in [9.17, 15) is 9.90 Å². The molecule has 0 fully saturated rings. The Balaban J connectivity index is 1.86. The molecule has 0 bridgehead atoms. The van der Waals surface area contributed by atoms with Crippen LogP contribution in [-0.4, -0.2) is 43.0 Å². The van der Waals surface area contributed by atoms with Gasteiger partial charge < -0.3 is 37.6 Å². The molecule has 3 heterocycles. The molecule has 44 heavy (non-hydrogen) atoms. The maximum absolute atomic E-state index is 13.8. The molecule has 0 atom stereocenters. The van der Waals surface area contributed by atoms with Gasteiger partial charge in [0.1, 0.15) is 11.1 Å². The summed E-state index contributed by atoms with van der Waals surface area (Å²) in [5.74, 6) is 2.01. The highest BCUT2D eigenvalue weighted by Crippen LogP contribution is 2.49. The van der Waals surface area contributed by atoms with Gasteiger partial charge in [0.05, 0.1) is 44.1 Å². The lowest BCUT2D eigenvalue weighted by Crippen LogP contribution is -2.07. The highest BCUT2D eigenvalue weighted by molar-refractivity contribution is 6.37. The van der Waals surface area contributed by atoms with E-state index in [4.69, 9.17) is 39.7 Å². The fourth-order valence-corrected chi connectivity index (χ4v) is 5.94. The third kappa shape index (κ3) is 4.59. The summed E-state index contributed by atoms with van der Waals surface area (Å²) in [6.45, 7) is 7.69. The van der Waals surface area contributed by atoms with Gasteiger partial charge in [-0.2, -0.15) is 0 Å². The van der Waals surface area contributed by atoms with Gasteiger partial charge in [0.15, 0.2) is 34.5 Å². The zero-order valence-corrected chi connectivity index (χ0v) is 26.2. The van der Waals surface area contributed by atoms with Crippen molar-refractivity contribution in [3.05, 3.63) is 64.1 Å². The van der Waals surface area contributed by atoms with Crippen molar-refractivity contribution in [2.45, 2.75) is 39.9 Å². The van der Waals surface area contributed by atoms with Crippen molar-refractivity contribution in [1.29, 1.82) is 0 Å². The Kier molecular flexibility index (Phi) is 7.37. The predicted octanol–water partition coefficient (Wildman–Crippen LogP) is 7.98. The second kappa shape index (κ2) is 11.1. The SMILES string of the molecule is COc1cc2c(ccn3c2c(-c2ccc(OC)c(O)c2Cl)c2c4cc(OC)c(OC(C)C)cc4oc(=O)c23)cc1OC(C)C. The molecule has 10 heteroatoms. The Hall–Kier alpha value is -4.76. The van der Waals surface area contributed by atoms with E-state index in [1.807, 2.05) is 52.1 Å². The normalized spacial score (nSPS) is 11.8. The van der Waals surface area contributed by atoms with E-state index in [2.05, 4.69) is 0 Å². The van der Waals surface area contributed by atoms with Gasteiger partial charge in [0.2, 0.25) is 0 Å². The number of aromatic nitrogens is 1. The van der Waals surface area contributed by atoms with Crippen LogP contribution in [0.1, 0.15) is 27.7 Å². The van der Waals surface area contributed by atoms with Crippen LogP contribution >= 0.6 is 11.6 Å². The van der Waals surface area contributed by atoms with Gasteiger partial charge in [-0.3, -0.25) is 0 Å². The maximum atomic E-state index is 13.8. The summed E-state index contributed by atoms with van der Waals surface area (Å²) in [5, 5.41) is 13.8. The fourth-order valence-electron chi connectivity index (χ4n) is 5.69. The molecule has 6 aromatic rings. The Labute approximate surface area is 258 Å². The molecule has 3 aromatic heterocycles. The number of benzene rings is 3. The van der Waals surface area contributed by atoms with Gasteiger partial charge in [0, 0.05) is 39.5 Å². The van der Waals surface area contributed by atoms with Crippen molar-refractivity contribution in [2.75, 3.05) is 21.3 Å². The number of pyridine rings is 1. The number of aromatic hydroxyl groups is 1. The Morgan fingerprint density at radius 1 is 0.773 bits per heavy atom. The van der Waals surface area contributed by atoms with Crippen LogP contribution in [0.3, 0.4) is 0 Å². The number of phenols is 1. The van der Waals surface area contributed by atoms with Crippen LogP contribution in [0.15, 0.2) is 57.9 Å². The summed E-state index contributed by atoms with van der Waals surface area (Å²) in [5.41, 5.74) is 1.77. The molecule has 0 radical (unpaired) electrons. The predicted molar refractivity (Wildman–Crippen MR) is 172 cm³/mol. The first-order chi connectivity index (χ1) is 21.1.